The first-order valence-electron chi connectivity index (χ1n) is 7.25. The molecule has 1 aromatic rings. The third-order valence-electron chi connectivity index (χ3n) is 2.90. The number of benzene rings is 1. The van der Waals surface area contributed by atoms with Crippen molar-refractivity contribution in [1.82, 2.24) is 5.32 Å². The van der Waals surface area contributed by atoms with Crippen LogP contribution < -0.4 is 14.8 Å². The molecule has 2 rings (SSSR count). The van der Waals surface area contributed by atoms with Crippen LogP contribution in [-0.2, 0) is 9.59 Å². The van der Waals surface area contributed by atoms with E-state index in [2.05, 4.69) is 32.9 Å². The zero-order valence-electron chi connectivity index (χ0n) is 13.5. The van der Waals surface area contributed by atoms with Crippen molar-refractivity contribution in [2.24, 2.45) is 4.99 Å². The Balaban J connectivity index is 2.26. The molecular weight excluding hydrogens is 443 g/mol. The van der Waals surface area contributed by atoms with Crippen LogP contribution in [-0.4, -0.2) is 30.7 Å². The minimum Gasteiger partial charge on any atom is -0.493 e. The summed E-state index contributed by atoms with van der Waals surface area (Å²) in [5, 5.41) is 2.82. The summed E-state index contributed by atoms with van der Waals surface area (Å²) in [6, 6.07) is 3.72. The molecule has 0 unspecified atom stereocenters. The zero-order chi connectivity index (χ0) is 17.7. The molecule has 2 amide bonds. The van der Waals surface area contributed by atoms with Crippen molar-refractivity contribution >= 4 is 57.4 Å². The largest absolute Gasteiger partial charge is 0.493 e. The highest BCUT2D eigenvalue weighted by Gasteiger charge is 2.23. The molecule has 0 saturated carbocycles. The first-order chi connectivity index (χ1) is 11.4. The Morgan fingerprint density at radius 2 is 2.21 bits per heavy atom. The van der Waals surface area contributed by atoms with E-state index in [1.54, 1.807) is 13.2 Å². The number of hydrogen-bond donors (Lipinski definition) is 1. The highest BCUT2D eigenvalue weighted by molar-refractivity contribution is 14.1. The summed E-state index contributed by atoms with van der Waals surface area (Å²) in [4.78, 5) is 27.2. The van der Waals surface area contributed by atoms with Crippen LogP contribution in [0.5, 0.6) is 11.5 Å². The lowest BCUT2D eigenvalue weighted by atomic mass is 10.2. The van der Waals surface area contributed by atoms with E-state index in [1.807, 2.05) is 19.1 Å². The Hall–Kier alpha value is -1.55. The van der Waals surface area contributed by atoms with Gasteiger partial charge in [-0.2, -0.15) is 4.99 Å². The van der Waals surface area contributed by atoms with Crippen molar-refractivity contribution in [3.8, 4) is 11.5 Å². The second-order valence-corrected chi connectivity index (χ2v) is 7.09. The Kier molecular flexibility index (Phi) is 6.67. The number of thioether (sulfide) groups is 1. The van der Waals surface area contributed by atoms with Crippen molar-refractivity contribution in [3.05, 3.63) is 26.2 Å². The van der Waals surface area contributed by atoms with Crippen LogP contribution in [0, 0.1) is 3.57 Å². The van der Waals surface area contributed by atoms with Crippen LogP contribution in [0.3, 0.4) is 0 Å². The number of amides is 2. The van der Waals surface area contributed by atoms with Gasteiger partial charge in [0, 0.05) is 6.92 Å². The average Bonchev–Trinajstić information content (AvgIpc) is 2.84. The first-order valence-corrected chi connectivity index (χ1v) is 9.14. The number of ether oxygens (including phenoxy) is 2. The quantitative estimate of drug-likeness (QED) is 0.540. The Bertz CT molecular complexity index is 731. The molecule has 0 bridgehead atoms. The molecule has 6 nitrogen and oxygen atoms in total. The summed E-state index contributed by atoms with van der Waals surface area (Å²) in [5.74, 6) is 0.677. The molecule has 0 aliphatic carbocycles. The van der Waals surface area contributed by atoms with Gasteiger partial charge in [-0.3, -0.25) is 9.59 Å². The Morgan fingerprint density at radius 3 is 2.83 bits per heavy atom. The van der Waals surface area contributed by atoms with E-state index < -0.39 is 0 Å². The molecule has 1 aliphatic rings. The third kappa shape index (κ3) is 4.73. The van der Waals surface area contributed by atoms with Crippen molar-refractivity contribution in [1.29, 1.82) is 0 Å². The van der Waals surface area contributed by atoms with Gasteiger partial charge in [-0.25, -0.2) is 0 Å². The smallest absolute Gasteiger partial charge is 0.286 e. The lowest BCUT2D eigenvalue weighted by Gasteiger charge is -2.13. The second kappa shape index (κ2) is 8.52. The van der Waals surface area contributed by atoms with Gasteiger partial charge in [0.15, 0.2) is 16.7 Å². The number of aliphatic imine (C=N–C) groups is 1. The van der Waals surface area contributed by atoms with E-state index in [0.29, 0.717) is 28.2 Å². The monoisotopic (exact) mass is 460 g/mol. The standard InChI is InChI=1S/C16H17IN2O4S/c1-4-5-23-14-11(17)6-10(7-12(14)22-3)8-13-15(21)19-16(24-13)18-9(2)20/h6-8H,4-5H2,1-3H3,(H,18,19,20,21)/b13-8+. The molecule has 0 aromatic heterocycles. The van der Waals surface area contributed by atoms with Gasteiger partial charge in [-0.15, -0.1) is 0 Å². The van der Waals surface area contributed by atoms with Gasteiger partial charge < -0.3 is 14.8 Å². The van der Waals surface area contributed by atoms with Crippen LogP contribution in [0.2, 0.25) is 0 Å². The maximum atomic E-state index is 11.9. The van der Waals surface area contributed by atoms with Crippen LogP contribution >= 0.6 is 34.4 Å². The Morgan fingerprint density at radius 1 is 1.46 bits per heavy atom. The van der Waals surface area contributed by atoms with Gasteiger partial charge in [0.25, 0.3) is 5.91 Å². The van der Waals surface area contributed by atoms with E-state index >= 15 is 0 Å². The normalized spacial score (nSPS) is 15.4. The molecule has 1 aliphatic heterocycles. The number of methoxy groups -OCH3 is 1. The lowest BCUT2D eigenvalue weighted by molar-refractivity contribution is -0.117. The predicted molar refractivity (Wildman–Crippen MR) is 103 cm³/mol. The minimum atomic E-state index is -0.371. The molecule has 0 fully saturated rings. The summed E-state index contributed by atoms with van der Waals surface area (Å²) in [5.41, 5.74) is 0.801. The maximum Gasteiger partial charge on any atom is 0.286 e. The predicted octanol–water partition coefficient (Wildman–Crippen LogP) is 3.20. The number of rotatable bonds is 5. The first kappa shape index (κ1) is 18.8. The topological polar surface area (TPSA) is 77.0 Å². The molecule has 1 N–H and O–H groups in total. The average molecular weight is 460 g/mol. The number of carbonyl (C=O) groups excluding carboxylic acids is 2. The fourth-order valence-corrected chi connectivity index (χ4v) is 3.57. The summed E-state index contributed by atoms with van der Waals surface area (Å²) in [7, 11) is 1.58. The number of nitrogens with zero attached hydrogens (tertiary/aromatic N) is 1. The van der Waals surface area contributed by atoms with Gasteiger partial charge >= 0.3 is 0 Å². The molecule has 24 heavy (non-hydrogen) atoms. The molecule has 1 aromatic carbocycles. The van der Waals surface area contributed by atoms with Crippen molar-refractivity contribution in [3.63, 3.8) is 0 Å². The third-order valence-corrected chi connectivity index (χ3v) is 4.60. The van der Waals surface area contributed by atoms with E-state index in [1.165, 1.54) is 6.92 Å². The highest BCUT2D eigenvalue weighted by Crippen LogP contribution is 2.36. The number of nitrogens with one attached hydrogen (secondary N) is 1. The fourth-order valence-electron chi connectivity index (χ4n) is 1.93. The summed E-state index contributed by atoms with van der Waals surface area (Å²) in [6.45, 7) is 4.01. The van der Waals surface area contributed by atoms with Gasteiger partial charge in [0.2, 0.25) is 5.91 Å². The van der Waals surface area contributed by atoms with E-state index in [0.717, 1.165) is 27.3 Å². The highest BCUT2D eigenvalue weighted by atomic mass is 127. The van der Waals surface area contributed by atoms with Crippen molar-refractivity contribution in [2.45, 2.75) is 20.3 Å². The summed E-state index contributed by atoms with van der Waals surface area (Å²) in [6.07, 6.45) is 2.62. The van der Waals surface area contributed by atoms with Crippen LogP contribution in [0.25, 0.3) is 6.08 Å². The van der Waals surface area contributed by atoms with Crippen LogP contribution in [0.1, 0.15) is 25.8 Å². The van der Waals surface area contributed by atoms with Gasteiger partial charge in [-0.05, 0) is 64.5 Å². The van der Waals surface area contributed by atoms with Gasteiger partial charge in [-0.1, -0.05) is 6.92 Å². The SMILES string of the molecule is CCCOc1c(I)cc(/C=C2/SC(NC(C)=O)=NC2=O)cc1OC. The minimum absolute atomic E-state index is 0.260. The van der Waals surface area contributed by atoms with Gasteiger partial charge in [0.05, 0.1) is 22.2 Å². The van der Waals surface area contributed by atoms with Crippen LogP contribution in [0.15, 0.2) is 22.0 Å². The number of halogens is 1. The summed E-state index contributed by atoms with van der Waals surface area (Å²) < 4.78 is 12.0. The molecule has 0 spiro atoms. The van der Waals surface area contributed by atoms with E-state index in [4.69, 9.17) is 9.47 Å². The molecule has 0 atom stereocenters. The molecule has 0 radical (unpaired) electrons. The number of hydrogen-bond acceptors (Lipinski definition) is 5. The second-order valence-electron chi connectivity index (χ2n) is 4.90. The number of carbonyl (C=O) groups is 2. The van der Waals surface area contributed by atoms with Crippen LogP contribution in [0.4, 0.5) is 0 Å². The molecular formula is C16H17IN2O4S. The van der Waals surface area contributed by atoms with E-state index in [9.17, 15) is 9.59 Å². The lowest BCUT2D eigenvalue weighted by Crippen LogP contribution is -2.23. The molecule has 8 heteroatoms. The van der Waals surface area contributed by atoms with Crippen molar-refractivity contribution in [2.75, 3.05) is 13.7 Å². The Labute approximate surface area is 158 Å². The molecule has 0 saturated heterocycles. The fraction of sp³-hybridized carbons (Fsp3) is 0.312. The van der Waals surface area contributed by atoms with E-state index in [-0.39, 0.29) is 11.8 Å². The molecule has 128 valence electrons. The summed E-state index contributed by atoms with van der Waals surface area (Å²) >= 11 is 3.31. The van der Waals surface area contributed by atoms with Crippen molar-refractivity contribution < 1.29 is 19.1 Å². The van der Waals surface area contributed by atoms with Gasteiger partial charge in [0.1, 0.15) is 0 Å². The number of amidine groups is 1. The molecule has 1 heterocycles. The maximum absolute atomic E-state index is 11.9. The zero-order valence-corrected chi connectivity index (χ0v) is 16.5.